The summed E-state index contributed by atoms with van der Waals surface area (Å²) in [6, 6.07) is 0. The van der Waals surface area contributed by atoms with E-state index >= 15 is 0 Å². The van der Waals surface area contributed by atoms with E-state index in [0.717, 1.165) is 14.2 Å². The van der Waals surface area contributed by atoms with Crippen LogP contribution in [0, 0.1) is 5.92 Å². The minimum absolute atomic E-state index is 0. The molecule has 0 N–H and O–H groups in total. The summed E-state index contributed by atoms with van der Waals surface area (Å²) in [7, 11) is -2.25. The molecule has 0 spiro atoms. The van der Waals surface area contributed by atoms with Gasteiger partial charge in [0.25, 0.3) is 10.1 Å². The summed E-state index contributed by atoms with van der Waals surface area (Å²) in [5.74, 6) is -1.73. The van der Waals surface area contributed by atoms with Gasteiger partial charge < -0.3 is 9.47 Å². The Morgan fingerprint density at radius 2 is 1.68 bits per heavy atom. The zero-order chi connectivity index (χ0) is 14.3. The van der Waals surface area contributed by atoms with Crippen molar-refractivity contribution in [3.8, 4) is 0 Å². The molecule has 19 heavy (non-hydrogen) atoms. The van der Waals surface area contributed by atoms with Gasteiger partial charge in [0.1, 0.15) is 0 Å². The number of esters is 2. The first kappa shape index (κ1) is 21.2. The fraction of sp³-hybridized carbons (Fsp3) is 0.800. The van der Waals surface area contributed by atoms with Crippen molar-refractivity contribution in [1.82, 2.24) is 0 Å². The maximum absolute atomic E-state index is 11.4. The summed E-state index contributed by atoms with van der Waals surface area (Å²) in [6.45, 7) is 3.81. The summed E-state index contributed by atoms with van der Waals surface area (Å²) >= 11 is 0. The van der Waals surface area contributed by atoms with Crippen LogP contribution in [0.5, 0.6) is 0 Å². The van der Waals surface area contributed by atoms with E-state index in [0.29, 0.717) is 0 Å². The van der Waals surface area contributed by atoms with Gasteiger partial charge in [0.15, 0.2) is 5.25 Å². The van der Waals surface area contributed by atoms with E-state index < -0.39 is 33.7 Å². The third kappa shape index (κ3) is 7.88. The van der Waals surface area contributed by atoms with Gasteiger partial charge in [-0.15, -0.1) is 0 Å². The Morgan fingerprint density at radius 1 is 1.16 bits per heavy atom. The molecule has 9 heteroatoms. The van der Waals surface area contributed by atoms with E-state index in [1.807, 2.05) is 13.8 Å². The quantitative estimate of drug-likeness (QED) is 0.353. The first-order valence-corrected chi connectivity index (χ1v) is 6.74. The molecule has 0 fully saturated rings. The van der Waals surface area contributed by atoms with Crippen LogP contribution in [-0.2, 0) is 33.4 Å². The molecule has 0 aliphatic rings. The van der Waals surface area contributed by atoms with E-state index in [1.165, 1.54) is 0 Å². The number of methoxy groups -OCH3 is 1. The van der Waals surface area contributed by atoms with E-state index in [4.69, 9.17) is 4.74 Å². The summed E-state index contributed by atoms with van der Waals surface area (Å²) in [5, 5.41) is -1.70. The number of carbonyl (C=O) groups is 2. The van der Waals surface area contributed by atoms with Crippen molar-refractivity contribution in [2.45, 2.75) is 25.5 Å². The first-order chi connectivity index (χ1) is 8.24. The van der Waals surface area contributed by atoms with E-state index in [2.05, 4.69) is 8.92 Å². The second-order valence-corrected chi connectivity index (χ2v) is 5.84. The molecule has 7 nitrogen and oxygen atoms in total. The van der Waals surface area contributed by atoms with Crippen molar-refractivity contribution in [2.24, 2.45) is 5.92 Å². The van der Waals surface area contributed by atoms with Crippen LogP contribution in [0.2, 0.25) is 0 Å². The topological polar surface area (TPSA) is 96.0 Å². The number of carbonyl (C=O) groups excluding carboxylic acids is 2. The van der Waals surface area contributed by atoms with Crippen LogP contribution in [-0.4, -0.2) is 76.0 Å². The zero-order valence-corrected chi connectivity index (χ0v) is 11.7. The average Bonchev–Trinajstić information content (AvgIpc) is 2.32. The summed E-state index contributed by atoms with van der Waals surface area (Å²) in [6.07, 6.45) is -0.629. The Balaban J connectivity index is 0. The molecule has 0 saturated heterocycles. The van der Waals surface area contributed by atoms with E-state index in [-0.39, 0.29) is 42.1 Å². The van der Waals surface area contributed by atoms with Crippen LogP contribution in [0.4, 0.5) is 0 Å². The van der Waals surface area contributed by atoms with E-state index in [9.17, 15) is 18.0 Å². The van der Waals surface area contributed by atoms with E-state index in [1.54, 1.807) is 0 Å². The standard InChI is InChI=1S/C10H18O7S.Na.H/c1-7(2)6-17-9(11)5-8(10(12)15-3)18(13,14)16-4;;/h7-8H,5-6H2,1-4H3;;. The fourth-order valence-corrected chi connectivity index (χ4v) is 1.93. The summed E-state index contributed by atoms with van der Waals surface area (Å²) < 4.78 is 36.2. The fourth-order valence-electron chi connectivity index (χ4n) is 1.02. The van der Waals surface area contributed by atoms with Crippen molar-refractivity contribution in [3.05, 3.63) is 0 Å². The molecular formula is C10H19NaO7S. The van der Waals surface area contributed by atoms with Crippen LogP contribution in [0.25, 0.3) is 0 Å². The molecule has 0 aliphatic carbocycles. The third-order valence-corrected chi connectivity index (χ3v) is 3.50. The summed E-state index contributed by atoms with van der Waals surface area (Å²) in [4.78, 5) is 22.7. The van der Waals surface area contributed by atoms with Gasteiger partial charge in [-0.2, -0.15) is 8.42 Å². The molecule has 0 aromatic carbocycles. The molecule has 0 aliphatic heterocycles. The van der Waals surface area contributed by atoms with Crippen molar-refractivity contribution in [3.63, 3.8) is 0 Å². The van der Waals surface area contributed by atoms with Gasteiger partial charge in [0.05, 0.1) is 27.2 Å². The summed E-state index contributed by atoms with van der Waals surface area (Å²) in [5.41, 5.74) is 0. The van der Waals surface area contributed by atoms with Gasteiger partial charge in [-0.3, -0.25) is 13.8 Å². The van der Waals surface area contributed by atoms with Gasteiger partial charge in [0.2, 0.25) is 0 Å². The Hall–Kier alpha value is -0.150. The average molecular weight is 306 g/mol. The predicted octanol–water partition coefficient (Wildman–Crippen LogP) is -0.555. The van der Waals surface area contributed by atoms with Gasteiger partial charge in [0, 0.05) is 0 Å². The van der Waals surface area contributed by atoms with Crippen LogP contribution in [0.15, 0.2) is 0 Å². The number of hydrogen-bond donors (Lipinski definition) is 0. The van der Waals surface area contributed by atoms with Gasteiger partial charge in [-0.1, -0.05) is 13.8 Å². The molecule has 1 unspecified atom stereocenters. The number of ether oxygens (including phenoxy) is 2. The molecule has 0 aromatic rings. The molecule has 0 radical (unpaired) electrons. The SMILES string of the molecule is COC(=O)C(CC(=O)OCC(C)C)S(=O)(=O)OC.[NaH]. The number of rotatable bonds is 7. The Labute approximate surface area is 135 Å². The Morgan fingerprint density at radius 3 is 2.05 bits per heavy atom. The first-order valence-electron chi connectivity index (χ1n) is 5.27. The second kappa shape index (κ2) is 9.71. The molecule has 0 aromatic heterocycles. The molecular weight excluding hydrogens is 287 g/mol. The monoisotopic (exact) mass is 306 g/mol. The van der Waals surface area contributed by atoms with Crippen molar-refractivity contribution in [2.75, 3.05) is 20.8 Å². The molecule has 0 amide bonds. The third-order valence-electron chi connectivity index (χ3n) is 1.97. The van der Waals surface area contributed by atoms with Gasteiger partial charge >= 0.3 is 41.5 Å². The van der Waals surface area contributed by atoms with Gasteiger partial charge in [-0.25, -0.2) is 0 Å². The molecule has 0 rings (SSSR count). The van der Waals surface area contributed by atoms with Crippen molar-refractivity contribution < 1.29 is 31.7 Å². The molecule has 0 saturated carbocycles. The molecule has 1 atom stereocenters. The number of hydrogen-bond acceptors (Lipinski definition) is 7. The van der Waals surface area contributed by atoms with Crippen LogP contribution >= 0.6 is 0 Å². The van der Waals surface area contributed by atoms with Crippen molar-refractivity contribution >= 4 is 51.6 Å². The van der Waals surface area contributed by atoms with Crippen LogP contribution in [0.3, 0.4) is 0 Å². The van der Waals surface area contributed by atoms with Gasteiger partial charge in [-0.05, 0) is 5.92 Å². The maximum atomic E-state index is 11.4. The predicted molar refractivity (Wildman–Crippen MR) is 69.3 cm³/mol. The zero-order valence-electron chi connectivity index (χ0n) is 10.8. The Kier molecular flexibility index (Phi) is 10.8. The normalized spacial score (nSPS) is 12.5. The van der Waals surface area contributed by atoms with Crippen LogP contribution < -0.4 is 0 Å². The minimum atomic E-state index is -4.18. The second-order valence-electron chi connectivity index (χ2n) is 3.95. The Bertz CT molecular complexity index is 391. The van der Waals surface area contributed by atoms with Crippen molar-refractivity contribution in [1.29, 1.82) is 0 Å². The molecule has 0 bridgehead atoms. The molecule has 108 valence electrons. The molecule has 0 heterocycles. The van der Waals surface area contributed by atoms with Crippen LogP contribution in [0.1, 0.15) is 20.3 Å².